The lowest BCUT2D eigenvalue weighted by atomic mass is 10.2. The van der Waals surface area contributed by atoms with Gasteiger partial charge in [0, 0.05) is 12.7 Å². The normalized spacial score (nSPS) is 11.1. The Morgan fingerprint density at radius 3 is 3.00 bits per heavy atom. The molecule has 3 aromatic heterocycles. The topological polar surface area (TPSA) is 82.0 Å². The van der Waals surface area contributed by atoms with Gasteiger partial charge in [0.25, 0.3) is 0 Å². The van der Waals surface area contributed by atoms with Gasteiger partial charge in [0.1, 0.15) is 12.0 Å². The molecule has 0 aliphatic heterocycles. The number of rotatable bonds is 2. The van der Waals surface area contributed by atoms with Crippen molar-refractivity contribution in [3.05, 3.63) is 30.2 Å². The summed E-state index contributed by atoms with van der Waals surface area (Å²) in [5.41, 5.74) is 7.34. The van der Waals surface area contributed by atoms with Crippen molar-refractivity contribution >= 4 is 16.3 Å². The molecular formula is C9H8N6S. The van der Waals surface area contributed by atoms with E-state index in [4.69, 9.17) is 5.73 Å². The fraction of sp³-hybridized carbons (Fsp3) is 0.111. The Bertz CT molecular complexity index is 582. The SMILES string of the molecule is NCc1ccc(-c2nn3cnnc3s2)nc1. The summed E-state index contributed by atoms with van der Waals surface area (Å²) in [6, 6.07) is 3.86. The van der Waals surface area contributed by atoms with Crippen LogP contribution in [0.25, 0.3) is 15.7 Å². The van der Waals surface area contributed by atoms with E-state index in [1.165, 1.54) is 11.3 Å². The first-order chi connectivity index (χ1) is 7.86. The number of aromatic nitrogens is 5. The average Bonchev–Trinajstić information content (AvgIpc) is 2.89. The van der Waals surface area contributed by atoms with Crippen molar-refractivity contribution in [3.8, 4) is 10.7 Å². The van der Waals surface area contributed by atoms with E-state index in [9.17, 15) is 0 Å². The minimum atomic E-state index is 0.498. The summed E-state index contributed by atoms with van der Waals surface area (Å²) in [4.78, 5) is 5.06. The lowest BCUT2D eigenvalue weighted by Crippen LogP contribution is -1.96. The quantitative estimate of drug-likeness (QED) is 0.703. The van der Waals surface area contributed by atoms with Crippen LogP contribution in [0.5, 0.6) is 0 Å². The van der Waals surface area contributed by atoms with Crippen molar-refractivity contribution in [2.45, 2.75) is 6.54 Å². The first-order valence-corrected chi connectivity index (χ1v) is 5.50. The Labute approximate surface area is 94.8 Å². The maximum Gasteiger partial charge on any atom is 0.234 e. The molecule has 2 N–H and O–H groups in total. The summed E-state index contributed by atoms with van der Waals surface area (Å²) in [6.07, 6.45) is 3.33. The van der Waals surface area contributed by atoms with E-state index < -0.39 is 0 Å². The summed E-state index contributed by atoms with van der Waals surface area (Å²) in [5.74, 6) is 0. The molecule has 3 heterocycles. The fourth-order valence-corrected chi connectivity index (χ4v) is 2.13. The highest BCUT2D eigenvalue weighted by molar-refractivity contribution is 7.19. The highest BCUT2D eigenvalue weighted by Crippen LogP contribution is 2.22. The molecule has 3 rings (SSSR count). The Kier molecular flexibility index (Phi) is 2.12. The van der Waals surface area contributed by atoms with Gasteiger partial charge in [0.05, 0.1) is 0 Å². The molecule has 0 aliphatic carbocycles. The number of nitrogens with zero attached hydrogens (tertiary/aromatic N) is 5. The zero-order valence-electron chi connectivity index (χ0n) is 8.24. The van der Waals surface area contributed by atoms with Gasteiger partial charge in [-0.3, -0.25) is 4.98 Å². The molecule has 0 fully saturated rings. The van der Waals surface area contributed by atoms with Crippen LogP contribution in [0.1, 0.15) is 5.56 Å². The van der Waals surface area contributed by atoms with Crippen molar-refractivity contribution in [1.82, 2.24) is 24.8 Å². The standard InChI is InChI=1S/C9H8N6S/c10-3-6-1-2-7(11-4-6)8-14-15-5-12-13-9(15)16-8/h1-2,4-5H,3,10H2. The van der Waals surface area contributed by atoms with Crippen molar-refractivity contribution < 1.29 is 0 Å². The van der Waals surface area contributed by atoms with Crippen molar-refractivity contribution in [2.75, 3.05) is 0 Å². The van der Waals surface area contributed by atoms with E-state index in [1.54, 1.807) is 17.0 Å². The minimum Gasteiger partial charge on any atom is -0.326 e. The molecule has 0 amide bonds. The summed E-state index contributed by atoms with van der Waals surface area (Å²) in [7, 11) is 0. The number of fused-ring (bicyclic) bond motifs is 1. The zero-order chi connectivity index (χ0) is 11.0. The number of hydrogen-bond acceptors (Lipinski definition) is 6. The third-order valence-corrected chi connectivity index (χ3v) is 3.10. The van der Waals surface area contributed by atoms with E-state index in [0.717, 1.165) is 21.2 Å². The van der Waals surface area contributed by atoms with Crippen molar-refractivity contribution in [2.24, 2.45) is 5.73 Å². The van der Waals surface area contributed by atoms with Crippen LogP contribution in [-0.4, -0.2) is 24.8 Å². The summed E-state index contributed by atoms with van der Waals surface area (Å²) < 4.78 is 1.64. The van der Waals surface area contributed by atoms with Gasteiger partial charge in [-0.25, -0.2) is 0 Å². The molecule has 0 bridgehead atoms. The Hall–Kier alpha value is -1.86. The molecule has 6 nitrogen and oxygen atoms in total. The number of hydrogen-bond donors (Lipinski definition) is 1. The van der Waals surface area contributed by atoms with Gasteiger partial charge in [-0.1, -0.05) is 17.4 Å². The molecule has 0 atom stereocenters. The molecule has 7 heteroatoms. The van der Waals surface area contributed by atoms with Gasteiger partial charge in [0.2, 0.25) is 4.96 Å². The molecule has 80 valence electrons. The van der Waals surface area contributed by atoms with E-state index in [-0.39, 0.29) is 0 Å². The predicted octanol–water partition coefficient (Wildman–Crippen LogP) is 0.706. The Balaban J connectivity index is 2.05. The fourth-order valence-electron chi connectivity index (χ4n) is 1.34. The second-order valence-corrected chi connectivity index (χ2v) is 4.18. The third-order valence-electron chi connectivity index (χ3n) is 2.17. The third kappa shape index (κ3) is 1.46. The molecule has 0 saturated heterocycles. The van der Waals surface area contributed by atoms with Crippen LogP contribution in [0.15, 0.2) is 24.7 Å². The van der Waals surface area contributed by atoms with Crippen LogP contribution < -0.4 is 5.73 Å². The Morgan fingerprint density at radius 2 is 2.31 bits per heavy atom. The number of nitrogens with two attached hydrogens (primary N) is 1. The summed E-state index contributed by atoms with van der Waals surface area (Å²) in [6.45, 7) is 0.498. The van der Waals surface area contributed by atoms with Gasteiger partial charge < -0.3 is 5.73 Å². The van der Waals surface area contributed by atoms with Gasteiger partial charge in [0.15, 0.2) is 5.01 Å². The molecule has 0 saturated carbocycles. The molecule has 0 unspecified atom stereocenters. The van der Waals surface area contributed by atoms with Crippen LogP contribution in [-0.2, 0) is 6.54 Å². The first kappa shape index (κ1) is 9.37. The van der Waals surface area contributed by atoms with Crippen LogP contribution in [0.3, 0.4) is 0 Å². The summed E-state index contributed by atoms with van der Waals surface area (Å²) in [5, 5.41) is 12.8. The lowest BCUT2D eigenvalue weighted by Gasteiger charge is -1.96. The molecule has 16 heavy (non-hydrogen) atoms. The maximum absolute atomic E-state index is 5.51. The van der Waals surface area contributed by atoms with Crippen LogP contribution in [0.4, 0.5) is 0 Å². The van der Waals surface area contributed by atoms with Crippen LogP contribution >= 0.6 is 11.3 Å². The minimum absolute atomic E-state index is 0.498. The predicted molar refractivity (Wildman–Crippen MR) is 59.8 cm³/mol. The van der Waals surface area contributed by atoms with E-state index in [1.807, 2.05) is 12.1 Å². The second kappa shape index (κ2) is 3.62. The van der Waals surface area contributed by atoms with E-state index in [2.05, 4.69) is 20.3 Å². The highest BCUT2D eigenvalue weighted by atomic mass is 32.1. The largest absolute Gasteiger partial charge is 0.326 e. The van der Waals surface area contributed by atoms with E-state index in [0.29, 0.717) is 6.54 Å². The molecule has 0 aliphatic rings. The van der Waals surface area contributed by atoms with Gasteiger partial charge in [-0.05, 0) is 11.6 Å². The zero-order valence-corrected chi connectivity index (χ0v) is 9.05. The van der Waals surface area contributed by atoms with Crippen LogP contribution in [0.2, 0.25) is 0 Å². The van der Waals surface area contributed by atoms with E-state index >= 15 is 0 Å². The first-order valence-electron chi connectivity index (χ1n) is 4.69. The van der Waals surface area contributed by atoms with Crippen molar-refractivity contribution in [3.63, 3.8) is 0 Å². The van der Waals surface area contributed by atoms with Crippen molar-refractivity contribution in [1.29, 1.82) is 0 Å². The maximum atomic E-state index is 5.51. The highest BCUT2D eigenvalue weighted by Gasteiger charge is 2.08. The van der Waals surface area contributed by atoms with Crippen LogP contribution in [0, 0.1) is 0 Å². The van der Waals surface area contributed by atoms with Gasteiger partial charge in [-0.2, -0.15) is 9.61 Å². The average molecular weight is 232 g/mol. The Morgan fingerprint density at radius 1 is 1.38 bits per heavy atom. The van der Waals surface area contributed by atoms with Gasteiger partial charge in [-0.15, -0.1) is 10.2 Å². The second-order valence-electron chi connectivity index (χ2n) is 3.22. The smallest absolute Gasteiger partial charge is 0.234 e. The molecule has 0 spiro atoms. The molecule has 3 aromatic rings. The molecular weight excluding hydrogens is 224 g/mol. The van der Waals surface area contributed by atoms with Gasteiger partial charge >= 0.3 is 0 Å². The molecule has 0 aromatic carbocycles. The number of pyridine rings is 1. The molecule has 0 radical (unpaired) electrons. The monoisotopic (exact) mass is 232 g/mol. The summed E-state index contributed by atoms with van der Waals surface area (Å²) >= 11 is 1.45. The lowest BCUT2D eigenvalue weighted by molar-refractivity contribution is 0.955.